The molecule has 34 heavy (non-hydrogen) atoms. The van der Waals surface area contributed by atoms with E-state index < -0.39 is 39.9 Å². The highest BCUT2D eigenvalue weighted by Gasteiger charge is 2.44. The van der Waals surface area contributed by atoms with Crippen LogP contribution in [0.3, 0.4) is 0 Å². The van der Waals surface area contributed by atoms with Crippen LogP contribution in [0, 0.1) is 11.8 Å². The molecule has 1 aliphatic carbocycles. The summed E-state index contributed by atoms with van der Waals surface area (Å²) in [5.74, 6) is -1.16. The Kier molecular flexibility index (Phi) is 6.03. The first-order valence-corrected chi connectivity index (χ1v) is 13.3. The van der Waals surface area contributed by atoms with Crippen LogP contribution in [0.4, 0.5) is 0 Å². The predicted octanol–water partition coefficient (Wildman–Crippen LogP) is 0.587. The Morgan fingerprint density at radius 1 is 0.971 bits per heavy atom. The molecule has 3 aliphatic heterocycles. The van der Waals surface area contributed by atoms with Gasteiger partial charge in [0.1, 0.15) is 6.04 Å². The van der Waals surface area contributed by atoms with Gasteiger partial charge in [-0.15, -0.1) is 0 Å². The number of aryl methyl sites for hydroxylation is 1. The van der Waals surface area contributed by atoms with Crippen molar-refractivity contribution in [2.75, 3.05) is 19.6 Å². The number of imide groups is 2. The summed E-state index contributed by atoms with van der Waals surface area (Å²) in [5.41, 5.74) is 1.27. The fraction of sp³-hybridized carbons (Fsp3) is 0.565. The molecular weight excluding hydrogens is 460 g/mol. The standard InChI is InChI=1S/C23H28N4O6S/c28-20-9-8-19(21(29)25-20)27-22(30)17-7-6-14(11-18(17)23(27)31)3-2-10-24-34(32,33)26-12-15-4-1-5-16(15)13-26/h6-7,11,15-16,19,24H,1-5,8-10,12-13H2,(H,25,28,29)/t15-,16+,19?. The van der Waals surface area contributed by atoms with E-state index >= 15 is 0 Å². The van der Waals surface area contributed by atoms with Gasteiger partial charge in [0.25, 0.3) is 22.0 Å². The highest BCUT2D eigenvalue weighted by molar-refractivity contribution is 7.87. The second kappa shape index (κ2) is 8.86. The molecule has 1 unspecified atom stereocenters. The van der Waals surface area contributed by atoms with Crippen molar-refractivity contribution in [1.29, 1.82) is 0 Å². The third-order valence-corrected chi connectivity index (χ3v) is 9.01. The molecule has 5 rings (SSSR count). The SMILES string of the molecule is O=C1CCC(N2C(=O)c3ccc(CCCNS(=O)(=O)N4C[C@H]5CCC[C@H]5C4)cc3C2=O)C(=O)N1. The maximum absolute atomic E-state index is 12.9. The van der Waals surface area contributed by atoms with Crippen molar-refractivity contribution >= 4 is 33.8 Å². The minimum Gasteiger partial charge on any atom is -0.295 e. The molecule has 3 fully saturated rings. The van der Waals surface area contributed by atoms with Gasteiger partial charge in [0.05, 0.1) is 11.1 Å². The molecule has 4 aliphatic rings. The number of rotatable bonds is 7. The number of hydrogen-bond acceptors (Lipinski definition) is 6. The first-order valence-electron chi connectivity index (χ1n) is 11.8. The number of carbonyl (C=O) groups is 4. The van der Waals surface area contributed by atoms with Crippen LogP contribution in [0.5, 0.6) is 0 Å². The molecular formula is C23H28N4O6S. The second-order valence-corrected chi connectivity index (χ2v) is 11.4. The highest BCUT2D eigenvalue weighted by atomic mass is 32.2. The minimum absolute atomic E-state index is 0.0731. The second-order valence-electron chi connectivity index (χ2n) is 9.60. The van der Waals surface area contributed by atoms with Gasteiger partial charge >= 0.3 is 0 Å². The van der Waals surface area contributed by atoms with Crippen molar-refractivity contribution < 1.29 is 27.6 Å². The molecule has 10 nitrogen and oxygen atoms in total. The Labute approximate surface area is 198 Å². The molecule has 11 heteroatoms. The number of hydrogen-bond donors (Lipinski definition) is 2. The van der Waals surface area contributed by atoms with Crippen LogP contribution in [0.15, 0.2) is 18.2 Å². The molecule has 182 valence electrons. The molecule has 0 radical (unpaired) electrons. The number of piperidine rings is 1. The molecule has 0 spiro atoms. The third kappa shape index (κ3) is 4.16. The molecule has 1 saturated carbocycles. The summed E-state index contributed by atoms with van der Waals surface area (Å²) in [6.07, 6.45) is 4.66. The summed E-state index contributed by atoms with van der Waals surface area (Å²) in [6, 6.07) is 3.96. The summed E-state index contributed by atoms with van der Waals surface area (Å²) >= 11 is 0. The summed E-state index contributed by atoms with van der Waals surface area (Å²) in [6.45, 7) is 1.48. The topological polar surface area (TPSA) is 133 Å². The molecule has 2 saturated heterocycles. The van der Waals surface area contributed by atoms with E-state index in [2.05, 4.69) is 10.0 Å². The van der Waals surface area contributed by atoms with Crippen LogP contribution in [0.2, 0.25) is 0 Å². The van der Waals surface area contributed by atoms with E-state index in [1.54, 1.807) is 22.5 Å². The summed E-state index contributed by atoms with van der Waals surface area (Å²) in [7, 11) is -3.49. The summed E-state index contributed by atoms with van der Waals surface area (Å²) < 4.78 is 29.5. The molecule has 1 aromatic carbocycles. The van der Waals surface area contributed by atoms with Crippen LogP contribution in [0.1, 0.15) is 64.8 Å². The Balaban J connectivity index is 1.17. The summed E-state index contributed by atoms with van der Waals surface area (Å²) in [5, 5.41) is 2.18. The molecule has 2 N–H and O–H groups in total. The van der Waals surface area contributed by atoms with E-state index in [0.29, 0.717) is 37.8 Å². The normalized spacial score (nSPS) is 27.3. The van der Waals surface area contributed by atoms with Crippen molar-refractivity contribution in [2.45, 2.75) is 51.0 Å². The zero-order chi connectivity index (χ0) is 24.0. The number of nitrogens with one attached hydrogen (secondary N) is 2. The molecule has 3 heterocycles. The lowest BCUT2D eigenvalue weighted by atomic mass is 10.0. The number of benzene rings is 1. The van der Waals surface area contributed by atoms with Crippen molar-refractivity contribution in [2.24, 2.45) is 11.8 Å². The van der Waals surface area contributed by atoms with Gasteiger partial charge in [0, 0.05) is 26.1 Å². The van der Waals surface area contributed by atoms with E-state index in [9.17, 15) is 27.6 Å². The summed E-state index contributed by atoms with van der Waals surface area (Å²) in [4.78, 5) is 50.2. The fourth-order valence-electron chi connectivity index (χ4n) is 5.65. The number of carbonyl (C=O) groups excluding carboxylic acids is 4. The van der Waals surface area contributed by atoms with Crippen LogP contribution in [0.25, 0.3) is 0 Å². The zero-order valence-electron chi connectivity index (χ0n) is 18.8. The van der Waals surface area contributed by atoms with E-state index in [1.807, 2.05) is 0 Å². The van der Waals surface area contributed by atoms with E-state index in [4.69, 9.17) is 0 Å². The zero-order valence-corrected chi connectivity index (χ0v) is 19.6. The lowest BCUT2D eigenvalue weighted by Gasteiger charge is -2.27. The molecule has 0 bridgehead atoms. The van der Waals surface area contributed by atoms with Gasteiger partial charge in [0.2, 0.25) is 11.8 Å². The van der Waals surface area contributed by atoms with E-state index in [0.717, 1.165) is 23.3 Å². The van der Waals surface area contributed by atoms with Gasteiger partial charge < -0.3 is 0 Å². The quantitative estimate of drug-likeness (QED) is 0.426. The Bertz CT molecular complexity index is 1150. The molecule has 0 aromatic heterocycles. The Morgan fingerprint density at radius 3 is 2.38 bits per heavy atom. The maximum atomic E-state index is 12.9. The van der Waals surface area contributed by atoms with Gasteiger partial charge in [-0.2, -0.15) is 12.7 Å². The Morgan fingerprint density at radius 2 is 1.68 bits per heavy atom. The van der Waals surface area contributed by atoms with Crippen LogP contribution >= 0.6 is 0 Å². The first-order chi connectivity index (χ1) is 16.2. The molecule has 4 amide bonds. The average Bonchev–Trinajstić information content (AvgIpc) is 3.46. The monoisotopic (exact) mass is 488 g/mol. The minimum atomic E-state index is -3.49. The van der Waals surface area contributed by atoms with Gasteiger partial charge in [-0.1, -0.05) is 12.5 Å². The van der Waals surface area contributed by atoms with Crippen LogP contribution in [-0.2, 0) is 26.2 Å². The van der Waals surface area contributed by atoms with Gasteiger partial charge in [-0.3, -0.25) is 29.4 Å². The van der Waals surface area contributed by atoms with Crippen molar-refractivity contribution in [3.05, 3.63) is 34.9 Å². The van der Waals surface area contributed by atoms with Gasteiger partial charge in [0.15, 0.2) is 0 Å². The van der Waals surface area contributed by atoms with Gasteiger partial charge in [-0.05, 0) is 61.6 Å². The number of fused-ring (bicyclic) bond motifs is 2. The maximum Gasteiger partial charge on any atom is 0.279 e. The largest absolute Gasteiger partial charge is 0.295 e. The fourth-order valence-corrected chi connectivity index (χ4v) is 7.01. The third-order valence-electron chi connectivity index (χ3n) is 7.46. The molecule has 3 atom stereocenters. The van der Waals surface area contributed by atoms with E-state index in [1.165, 1.54) is 6.42 Å². The predicted molar refractivity (Wildman–Crippen MR) is 121 cm³/mol. The van der Waals surface area contributed by atoms with Crippen molar-refractivity contribution in [3.63, 3.8) is 0 Å². The van der Waals surface area contributed by atoms with E-state index in [-0.39, 0.29) is 30.5 Å². The van der Waals surface area contributed by atoms with Crippen molar-refractivity contribution in [3.8, 4) is 0 Å². The number of amides is 4. The van der Waals surface area contributed by atoms with Crippen molar-refractivity contribution in [1.82, 2.24) is 19.2 Å². The average molecular weight is 489 g/mol. The van der Waals surface area contributed by atoms with Gasteiger partial charge in [-0.25, -0.2) is 4.72 Å². The number of nitrogens with zero attached hydrogens (tertiary/aromatic N) is 2. The lowest BCUT2D eigenvalue weighted by molar-refractivity contribution is -0.136. The Hall–Kier alpha value is -2.63. The van der Waals surface area contributed by atoms with Crippen LogP contribution < -0.4 is 10.0 Å². The van der Waals surface area contributed by atoms with Crippen LogP contribution in [-0.4, -0.2) is 66.9 Å². The molecule has 1 aromatic rings. The lowest BCUT2D eigenvalue weighted by Crippen LogP contribution is -2.54. The first kappa shape index (κ1) is 23.1. The smallest absolute Gasteiger partial charge is 0.279 e. The highest BCUT2D eigenvalue weighted by Crippen LogP contribution is 2.38.